The van der Waals surface area contributed by atoms with Crippen LogP contribution < -0.4 is 10.6 Å². The minimum Gasteiger partial charge on any atom is -0.354 e. The Morgan fingerprint density at radius 2 is 2.29 bits per heavy atom. The minimum atomic E-state index is -0.316. The molecule has 0 amide bonds. The maximum atomic E-state index is 12.6. The molecular weight excluding hydrogens is 334 g/mol. The van der Waals surface area contributed by atoms with Crippen molar-refractivity contribution in [3.05, 3.63) is 29.8 Å². The van der Waals surface area contributed by atoms with Gasteiger partial charge < -0.3 is 10.6 Å². The van der Waals surface area contributed by atoms with E-state index in [1.54, 1.807) is 13.1 Å². The second kappa shape index (κ2) is 6.73. The van der Waals surface area contributed by atoms with Crippen LogP contribution in [0.25, 0.3) is 0 Å². The summed E-state index contributed by atoms with van der Waals surface area (Å²) in [6, 6.07) is 3.63. The largest absolute Gasteiger partial charge is 0.354 e. The molecule has 1 aliphatic rings. The summed E-state index contributed by atoms with van der Waals surface area (Å²) in [5, 5.41) is 6.39. The van der Waals surface area contributed by atoms with Gasteiger partial charge in [0.2, 0.25) is 0 Å². The van der Waals surface area contributed by atoms with Crippen molar-refractivity contribution >= 4 is 29.9 Å². The quantitative estimate of drug-likeness (QED) is 0.495. The zero-order valence-electron chi connectivity index (χ0n) is 9.61. The Hall–Kier alpha value is -0.920. The van der Waals surface area contributed by atoms with Crippen molar-refractivity contribution in [1.29, 1.82) is 0 Å². The van der Waals surface area contributed by atoms with E-state index in [0.717, 1.165) is 11.7 Å². The first kappa shape index (κ1) is 14.1. The first-order valence-electron chi connectivity index (χ1n) is 5.35. The number of guanidine groups is 1. The first-order valence-corrected chi connectivity index (χ1v) is 5.35. The number of hydrogen-bond donors (Lipinski definition) is 2. The van der Waals surface area contributed by atoms with E-state index in [0.29, 0.717) is 12.6 Å². The highest BCUT2D eigenvalue weighted by Gasteiger charge is 2.21. The maximum Gasteiger partial charge on any atom is 0.191 e. The second-order valence-corrected chi connectivity index (χ2v) is 3.81. The van der Waals surface area contributed by atoms with Gasteiger partial charge in [-0.25, -0.2) is 4.39 Å². The third-order valence-corrected chi connectivity index (χ3v) is 2.37. The van der Waals surface area contributed by atoms with Crippen LogP contribution in [0.5, 0.6) is 0 Å². The summed E-state index contributed by atoms with van der Waals surface area (Å²) in [6.07, 6.45) is 3.62. The number of aliphatic imine (C=N–C) groups is 1. The van der Waals surface area contributed by atoms with E-state index in [4.69, 9.17) is 0 Å². The Kier molecular flexibility index (Phi) is 5.60. The fourth-order valence-electron chi connectivity index (χ4n) is 1.30. The molecule has 1 aliphatic carbocycles. The van der Waals surface area contributed by atoms with Crippen molar-refractivity contribution in [2.24, 2.45) is 4.99 Å². The third kappa shape index (κ3) is 4.84. The van der Waals surface area contributed by atoms with Crippen molar-refractivity contribution in [1.82, 2.24) is 15.6 Å². The Labute approximate surface area is 117 Å². The molecule has 0 aromatic carbocycles. The lowest BCUT2D eigenvalue weighted by Crippen LogP contribution is -2.38. The number of rotatable bonds is 3. The van der Waals surface area contributed by atoms with E-state index in [2.05, 4.69) is 20.6 Å². The van der Waals surface area contributed by atoms with E-state index in [1.807, 2.05) is 0 Å². The van der Waals surface area contributed by atoms with Crippen molar-refractivity contribution < 1.29 is 4.39 Å². The molecule has 0 atom stereocenters. The standard InChI is InChI=1S/C11H15FN4.HI/c1-13-11(16-9-4-5-9)15-7-10-3-2-8(12)6-14-10;/h2-3,6,9H,4-5,7H2,1H3,(H2,13,15,16);1H. The molecule has 2 rings (SSSR count). The van der Waals surface area contributed by atoms with Crippen LogP contribution in [0.1, 0.15) is 18.5 Å². The van der Waals surface area contributed by atoms with Crippen LogP contribution in [0.15, 0.2) is 23.3 Å². The Balaban J connectivity index is 0.00000144. The van der Waals surface area contributed by atoms with Crippen molar-refractivity contribution in [3.63, 3.8) is 0 Å². The molecule has 0 saturated heterocycles. The monoisotopic (exact) mass is 350 g/mol. The van der Waals surface area contributed by atoms with Crippen LogP contribution in [-0.2, 0) is 6.54 Å². The molecule has 6 heteroatoms. The molecule has 0 aliphatic heterocycles. The molecule has 1 aromatic rings. The number of halogens is 2. The van der Waals surface area contributed by atoms with Gasteiger partial charge in [-0.2, -0.15) is 0 Å². The molecular formula is C11H16FIN4. The molecule has 0 spiro atoms. The van der Waals surface area contributed by atoms with E-state index < -0.39 is 0 Å². The van der Waals surface area contributed by atoms with Crippen LogP contribution >= 0.6 is 24.0 Å². The van der Waals surface area contributed by atoms with Gasteiger partial charge in [-0.05, 0) is 25.0 Å². The van der Waals surface area contributed by atoms with E-state index >= 15 is 0 Å². The summed E-state index contributed by atoms with van der Waals surface area (Å²) >= 11 is 0. The Morgan fingerprint density at radius 3 is 2.82 bits per heavy atom. The van der Waals surface area contributed by atoms with Crippen molar-refractivity contribution in [2.45, 2.75) is 25.4 Å². The summed E-state index contributed by atoms with van der Waals surface area (Å²) in [5.41, 5.74) is 0.792. The van der Waals surface area contributed by atoms with Crippen molar-refractivity contribution in [3.8, 4) is 0 Å². The molecule has 0 radical (unpaired) electrons. The van der Waals surface area contributed by atoms with Gasteiger partial charge in [-0.1, -0.05) is 0 Å². The highest BCUT2D eigenvalue weighted by Crippen LogP contribution is 2.18. The second-order valence-electron chi connectivity index (χ2n) is 3.81. The lowest BCUT2D eigenvalue weighted by Gasteiger charge is -2.10. The molecule has 1 aromatic heterocycles. The van der Waals surface area contributed by atoms with E-state index in [1.165, 1.54) is 25.1 Å². The maximum absolute atomic E-state index is 12.6. The zero-order valence-corrected chi connectivity index (χ0v) is 11.9. The van der Waals surface area contributed by atoms with Gasteiger partial charge in [0.25, 0.3) is 0 Å². The normalized spacial score (nSPS) is 15.1. The number of pyridine rings is 1. The summed E-state index contributed by atoms with van der Waals surface area (Å²) in [4.78, 5) is 8.05. The highest BCUT2D eigenvalue weighted by molar-refractivity contribution is 14.0. The van der Waals surface area contributed by atoms with Gasteiger partial charge >= 0.3 is 0 Å². The van der Waals surface area contributed by atoms with Gasteiger partial charge in [0, 0.05) is 13.1 Å². The predicted molar refractivity (Wildman–Crippen MR) is 76.0 cm³/mol. The predicted octanol–water partition coefficient (Wildman–Crippen LogP) is 1.67. The molecule has 2 N–H and O–H groups in total. The SMILES string of the molecule is CN=C(NCc1ccc(F)cn1)NC1CC1.I. The third-order valence-electron chi connectivity index (χ3n) is 2.37. The summed E-state index contributed by atoms with van der Waals surface area (Å²) in [5.74, 6) is 0.456. The van der Waals surface area contributed by atoms with E-state index in [9.17, 15) is 4.39 Å². The average Bonchev–Trinajstić information content (AvgIpc) is 3.10. The Bertz CT molecular complexity index is 376. The van der Waals surface area contributed by atoms with Gasteiger partial charge in [0.15, 0.2) is 5.96 Å². The first-order chi connectivity index (χ1) is 7.78. The molecule has 94 valence electrons. The van der Waals surface area contributed by atoms with Gasteiger partial charge in [0.05, 0.1) is 18.4 Å². The summed E-state index contributed by atoms with van der Waals surface area (Å²) in [6.45, 7) is 0.548. The molecule has 0 unspecified atom stereocenters. The highest BCUT2D eigenvalue weighted by atomic mass is 127. The summed E-state index contributed by atoms with van der Waals surface area (Å²) < 4.78 is 12.6. The lowest BCUT2D eigenvalue weighted by molar-refractivity contribution is 0.618. The molecule has 1 fully saturated rings. The number of nitrogens with zero attached hydrogens (tertiary/aromatic N) is 2. The zero-order chi connectivity index (χ0) is 11.4. The number of nitrogens with one attached hydrogen (secondary N) is 2. The molecule has 17 heavy (non-hydrogen) atoms. The molecule has 1 heterocycles. The minimum absolute atomic E-state index is 0. The molecule has 4 nitrogen and oxygen atoms in total. The number of aromatic nitrogens is 1. The van der Waals surface area contributed by atoms with Gasteiger partial charge in [0.1, 0.15) is 5.82 Å². The fourth-order valence-corrected chi connectivity index (χ4v) is 1.30. The van der Waals surface area contributed by atoms with Crippen LogP contribution in [0, 0.1) is 5.82 Å². The lowest BCUT2D eigenvalue weighted by atomic mass is 10.3. The van der Waals surface area contributed by atoms with Crippen LogP contribution in [0.3, 0.4) is 0 Å². The van der Waals surface area contributed by atoms with Crippen molar-refractivity contribution in [2.75, 3.05) is 7.05 Å². The molecule has 1 saturated carbocycles. The van der Waals surface area contributed by atoms with Crippen LogP contribution in [0.2, 0.25) is 0 Å². The van der Waals surface area contributed by atoms with Crippen LogP contribution in [0.4, 0.5) is 4.39 Å². The fraction of sp³-hybridized carbons (Fsp3) is 0.455. The van der Waals surface area contributed by atoms with Gasteiger partial charge in [-0.3, -0.25) is 9.98 Å². The van der Waals surface area contributed by atoms with Gasteiger partial charge in [-0.15, -0.1) is 24.0 Å². The van der Waals surface area contributed by atoms with Crippen LogP contribution in [-0.4, -0.2) is 24.0 Å². The summed E-state index contributed by atoms with van der Waals surface area (Å²) in [7, 11) is 1.73. The average molecular weight is 350 g/mol. The Morgan fingerprint density at radius 1 is 1.53 bits per heavy atom. The smallest absolute Gasteiger partial charge is 0.191 e. The topological polar surface area (TPSA) is 49.3 Å². The van der Waals surface area contributed by atoms with E-state index in [-0.39, 0.29) is 29.8 Å². The molecule has 0 bridgehead atoms. The number of hydrogen-bond acceptors (Lipinski definition) is 2.